The fourth-order valence-corrected chi connectivity index (χ4v) is 5.66. The summed E-state index contributed by atoms with van der Waals surface area (Å²) in [7, 11) is 0. The number of esters is 1. The lowest BCUT2D eigenvalue weighted by Crippen LogP contribution is -2.57. The van der Waals surface area contributed by atoms with Gasteiger partial charge in [0.05, 0.1) is 19.1 Å². The van der Waals surface area contributed by atoms with Crippen molar-refractivity contribution in [2.45, 2.75) is 59.8 Å². The van der Waals surface area contributed by atoms with Gasteiger partial charge in [0.2, 0.25) is 0 Å². The highest BCUT2D eigenvalue weighted by Crippen LogP contribution is 2.63. The molecule has 0 N–H and O–H groups in total. The van der Waals surface area contributed by atoms with Crippen LogP contribution >= 0.6 is 0 Å². The standard InChI is InChI=1S/C22H30O4/c1-15-11-19(24)12-21(4)20(15)6-5-16(2)22(21,14-26-17(3)23)9-7-18-8-10-25-13-18/h8,10-11,13,16,20H,5-7,9,12,14H2,1-4H3/t16-,20-,21-,22+/m0/s1. The van der Waals surface area contributed by atoms with E-state index in [2.05, 4.69) is 20.8 Å². The number of allylic oxidation sites excluding steroid dienone is 2. The summed E-state index contributed by atoms with van der Waals surface area (Å²) >= 11 is 0. The van der Waals surface area contributed by atoms with Crippen LogP contribution in [0, 0.1) is 22.7 Å². The molecule has 0 spiro atoms. The van der Waals surface area contributed by atoms with Gasteiger partial charge in [0, 0.05) is 18.8 Å². The Morgan fingerprint density at radius 2 is 2.15 bits per heavy atom. The first-order chi connectivity index (χ1) is 12.3. The summed E-state index contributed by atoms with van der Waals surface area (Å²) in [6.45, 7) is 8.45. The van der Waals surface area contributed by atoms with Gasteiger partial charge in [-0.3, -0.25) is 9.59 Å². The highest BCUT2D eigenvalue weighted by Gasteiger charge is 2.59. The Balaban J connectivity index is 2.00. The molecule has 0 saturated heterocycles. The third kappa shape index (κ3) is 3.15. The molecule has 2 aliphatic carbocycles. The van der Waals surface area contributed by atoms with E-state index in [1.165, 1.54) is 12.5 Å². The SMILES string of the molecule is CC(=O)OC[C@]1(CCc2ccoc2)[C@@H](C)CC[C@H]2C(C)=CC(=O)C[C@@]21C. The lowest BCUT2D eigenvalue weighted by Gasteiger charge is -2.60. The fourth-order valence-electron chi connectivity index (χ4n) is 5.66. The number of rotatable bonds is 5. The molecule has 0 aromatic carbocycles. The molecular formula is C22H30O4. The summed E-state index contributed by atoms with van der Waals surface area (Å²) in [6.07, 6.45) is 9.77. The number of aryl methyl sites for hydroxylation is 1. The Hall–Kier alpha value is -1.84. The summed E-state index contributed by atoms with van der Waals surface area (Å²) < 4.78 is 10.8. The second-order valence-electron chi connectivity index (χ2n) is 8.55. The van der Waals surface area contributed by atoms with Crippen LogP contribution in [0.4, 0.5) is 0 Å². The Labute approximate surface area is 156 Å². The second-order valence-corrected chi connectivity index (χ2v) is 8.55. The van der Waals surface area contributed by atoms with Gasteiger partial charge in [-0.15, -0.1) is 0 Å². The van der Waals surface area contributed by atoms with Crippen molar-refractivity contribution in [2.24, 2.45) is 22.7 Å². The molecular weight excluding hydrogens is 328 g/mol. The molecule has 1 heterocycles. The summed E-state index contributed by atoms with van der Waals surface area (Å²) in [5, 5.41) is 0. The van der Waals surface area contributed by atoms with Crippen molar-refractivity contribution >= 4 is 11.8 Å². The van der Waals surface area contributed by atoms with Crippen molar-refractivity contribution in [2.75, 3.05) is 6.61 Å². The lowest BCUT2D eigenvalue weighted by atomic mass is 9.44. The van der Waals surface area contributed by atoms with Crippen LogP contribution in [0.15, 0.2) is 34.7 Å². The Morgan fingerprint density at radius 1 is 1.38 bits per heavy atom. The molecule has 1 fully saturated rings. The van der Waals surface area contributed by atoms with Crippen LogP contribution in [0.25, 0.3) is 0 Å². The minimum Gasteiger partial charge on any atom is -0.472 e. The van der Waals surface area contributed by atoms with Gasteiger partial charge < -0.3 is 9.15 Å². The topological polar surface area (TPSA) is 56.5 Å². The molecule has 2 aliphatic rings. The fraction of sp³-hybridized carbons (Fsp3) is 0.636. The van der Waals surface area contributed by atoms with Crippen LogP contribution in [-0.4, -0.2) is 18.4 Å². The number of furan rings is 1. The van der Waals surface area contributed by atoms with Crippen LogP contribution in [0.3, 0.4) is 0 Å². The summed E-state index contributed by atoms with van der Waals surface area (Å²) in [4.78, 5) is 24.1. The van der Waals surface area contributed by atoms with Gasteiger partial charge in [-0.25, -0.2) is 0 Å². The largest absolute Gasteiger partial charge is 0.472 e. The first-order valence-corrected chi connectivity index (χ1v) is 9.64. The molecule has 26 heavy (non-hydrogen) atoms. The maximum atomic E-state index is 12.5. The number of ether oxygens (including phenoxy) is 1. The van der Waals surface area contributed by atoms with Gasteiger partial charge in [0.1, 0.15) is 0 Å². The molecule has 0 amide bonds. The zero-order valence-corrected chi connectivity index (χ0v) is 16.3. The number of hydrogen-bond donors (Lipinski definition) is 0. The highest BCUT2D eigenvalue weighted by molar-refractivity contribution is 5.92. The zero-order valence-electron chi connectivity index (χ0n) is 16.3. The molecule has 4 atom stereocenters. The number of fused-ring (bicyclic) bond motifs is 1. The van der Waals surface area contributed by atoms with Gasteiger partial charge in [-0.05, 0) is 67.6 Å². The van der Waals surface area contributed by atoms with E-state index in [1.807, 2.05) is 12.1 Å². The predicted octanol–water partition coefficient (Wildman–Crippen LogP) is 4.73. The molecule has 3 rings (SSSR count). The minimum atomic E-state index is -0.250. The molecule has 0 aliphatic heterocycles. The van der Waals surface area contributed by atoms with Gasteiger partial charge in [-0.2, -0.15) is 0 Å². The summed E-state index contributed by atoms with van der Waals surface area (Å²) in [5.74, 6) is 0.705. The van der Waals surface area contributed by atoms with E-state index in [-0.39, 0.29) is 22.6 Å². The van der Waals surface area contributed by atoms with E-state index in [0.29, 0.717) is 24.9 Å². The second kappa shape index (κ2) is 7.05. The van der Waals surface area contributed by atoms with Gasteiger partial charge >= 0.3 is 5.97 Å². The van der Waals surface area contributed by atoms with Crippen LogP contribution in [0.5, 0.6) is 0 Å². The van der Waals surface area contributed by atoms with Gasteiger partial charge in [0.25, 0.3) is 0 Å². The van der Waals surface area contributed by atoms with Crippen LogP contribution in [-0.2, 0) is 20.7 Å². The predicted molar refractivity (Wildman–Crippen MR) is 99.5 cm³/mol. The normalized spacial score (nSPS) is 34.2. The average Bonchev–Trinajstić information content (AvgIpc) is 3.06. The smallest absolute Gasteiger partial charge is 0.302 e. The highest BCUT2D eigenvalue weighted by atomic mass is 16.5. The van der Waals surface area contributed by atoms with Crippen LogP contribution in [0.2, 0.25) is 0 Å². The molecule has 1 aromatic rings. The number of carbonyl (C=O) groups excluding carboxylic acids is 2. The zero-order chi connectivity index (χ0) is 18.9. The average molecular weight is 358 g/mol. The first-order valence-electron chi connectivity index (χ1n) is 9.64. The van der Waals surface area contributed by atoms with Crippen molar-refractivity contribution in [1.29, 1.82) is 0 Å². The van der Waals surface area contributed by atoms with E-state index in [4.69, 9.17) is 9.15 Å². The molecule has 4 heteroatoms. The molecule has 0 unspecified atom stereocenters. The van der Waals surface area contributed by atoms with Crippen molar-refractivity contribution in [3.63, 3.8) is 0 Å². The molecule has 4 nitrogen and oxygen atoms in total. The van der Waals surface area contributed by atoms with Crippen LogP contribution < -0.4 is 0 Å². The van der Waals surface area contributed by atoms with Crippen LogP contribution in [0.1, 0.15) is 58.9 Å². The number of hydrogen-bond acceptors (Lipinski definition) is 4. The van der Waals surface area contributed by atoms with Crippen molar-refractivity contribution in [3.05, 3.63) is 35.8 Å². The molecule has 1 aromatic heterocycles. The summed E-state index contributed by atoms with van der Waals surface area (Å²) in [6, 6.07) is 1.99. The number of ketones is 1. The van der Waals surface area contributed by atoms with Crippen molar-refractivity contribution in [1.82, 2.24) is 0 Å². The third-order valence-electron chi connectivity index (χ3n) is 7.19. The van der Waals surface area contributed by atoms with Crippen molar-refractivity contribution in [3.8, 4) is 0 Å². The molecule has 142 valence electrons. The van der Waals surface area contributed by atoms with E-state index in [9.17, 15) is 9.59 Å². The number of carbonyl (C=O) groups is 2. The Kier molecular flexibility index (Phi) is 5.14. The lowest BCUT2D eigenvalue weighted by molar-refractivity contribution is -0.166. The Bertz CT molecular complexity index is 702. The van der Waals surface area contributed by atoms with Gasteiger partial charge in [-0.1, -0.05) is 19.4 Å². The van der Waals surface area contributed by atoms with E-state index < -0.39 is 0 Å². The monoisotopic (exact) mass is 358 g/mol. The molecule has 1 saturated carbocycles. The quantitative estimate of drug-likeness (QED) is 0.714. The molecule has 0 bridgehead atoms. The van der Waals surface area contributed by atoms with Crippen molar-refractivity contribution < 1.29 is 18.7 Å². The van der Waals surface area contributed by atoms with E-state index in [1.54, 1.807) is 12.5 Å². The van der Waals surface area contributed by atoms with E-state index >= 15 is 0 Å². The van der Waals surface area contributed by atoms with E-state index in [0.717, 1.165) is 31.2 Å². The third-order valence-corrected chi connectivity index (χ3v) is 7.19. The Morgan fingerprint density at radius 3 is 2.81 bits per heavy atom. The maximum absolute atomic E-state index is 12.5. The molecule has 0 radical (unpaired) electrons. The minimum absolute atomic E-state index is 0.195. The first kappa shape index (κ1) is 18.9. The maximum Gasteiger partial charge on any atom is 0.302 e. The van der Waals surface area contributed by atoms with Gasteiger partial charge in [0.15, 0.2) is 5.78 Å². The summed E-state index contributed by atoms with van der Waals surface area (Å²) in [5.41, 5.74) is 1.93.